The van der Waals surface area contributed by atoms with Crippen molar-refractivity contribution in [3.8, 4) is 0 Å². The highest BCUT2D eigenvalue weighted by molar-refractivity contribution is 6.39. The molecule has 8 heteroatoms. The number of amides is 3. The van der Waals surface area contributed by atoms with Crippen molar-refractivity contribution in [2.45, 2.75) is 13.0 Å². The van der Waals surface area contributed by atoms with Crippen LogP contribution in [0.25, 0.3) is 0 Å². The van der Waals surface area contributed by atoms with Crippen LogP contribution in [0.15, 0.2) is 47.1 Å². The summed E-state index contributed by atoms with van der Waals surface area (Å²) in [7, 11) is 3.71. The van der Waals surface area contributed by atoms with Crippen molar-refractivity contribution >= 4 is 29.1 Å². The van der Waals surface area contributed by atoms with E-state index in [9.17, 15) is 14.4 Å². The topological polar surface area (TPSA) is 104 Å². The highest BCUT2D eigenvalue weighted by Crippen LogP contribution is 2.18. The molecule has 0 bridgehead atoms. The third-order valence-electron chi connectivity index (χ3n) is 3.60. The first-order valence-electron chi connectivity index (χ1n) is 8.03. The minimum absolute atomic E-state index is 0.190. The maximum absolute atomic E-state index is 12.1. The lowest BCUT2D eigenvalue weighted by molar-refractivity contribution is -0.136. The van der Waals surface area contributed by atoms with E-state index < -0.39 is 11.8 Å². The summed E-state index contributed by atoms with van der Waals surface area (Å²) in [5.41, 5.74) is 0.938. The molecule has 1 aromatic carbocycles. The number of hydrogen-bond acceptors (Lipinski definition) is 5. The van der Waals surface area contributed by atoms with Crippen molar-refractivity contribution in [1.29, 1.82) is 0 Å². The molecule has 1 aromatic heterocycles. The second-order valence-corrected chi connectivity index (χ2v) is 5.92. The van der Waals surface area contributed by atoms with Gasteiger partial charge in [0.1, 0.15) is 5.76 Å². The Morgan fingerprint density at radius 2 is 1.73 bits per heavy atom. The average molecular weight is 358 g/mol. The molecule has 0 saturated heterocycles. The van der Waals surface area contributed by atoms with Crippen molar-refractivity contribution in [3.63, 3.8) is 0 Å². The molecule has 2 rings (SSSR count). The second kappa shape index (κ2) is 8.82. The molecular formula is C18H22N4O4. The molecule has 0 fully saturated rings. The van der Waals surface area contributed by atoms with E-state index in [1.54, 1.807) is 36.6 Å². The van der Waals surface area contributed by atoms with Gasteiger partial charge in [-0.15, -0.1) is 0 Å². The Kier molecular flexibility index (Phi) is 6.51. The normalized spacial score (nSPS) is 11.7. The van der Waals surface area contributed by atoms with E-state index in [2.05, 4.69) is 16.0 Å². The number of nitrogens with one attached hydrogen (secondary N) is 3. The Morgan fingerprint density at radius 3 is 2.31 bits per heavy atom. The predicted molar refractivity (Wildman–Crippen MR) is 97.5 cm³/mol. The molecule has 26 heavy (non-hydrogen) atoms. The van der Waals surface area contributed by atoms with Gasteiger partial charge in [-0.25, -0.2) is 0 Å². The van der Waals surface area contributed by atoms with Gasteiger partial charge in [0.05, 0.1) is 12.3 Å². The van der Waals surface area contributed by atoms with Gasteiger partial charge in [-0.2, -0.15) is 0 Å². The Morgan fingerprint density at radius 1 is 1.04 bits per heavy atom. The van der Waals surface area contributed by atoms with Crippen LogP contribution in [-0.2, 0) is 14.4 Å². The predicted octanol–water partition coefficient (Wildman–Crippen LogP) is 1.60. The number of nitrogens with zero attached hydrogens (tertiary/aromatic N) is 1. The Labute approximate surface area is 151 Å². The third-order valence-corrected chi connectivity index (χ3v) is 3.60. The molecule has 138 valence electrons. The van der Waals surface area contributed by atoms with Crippen molar-refractivity contribution < 1.29 is 18.8 Å². The zero-order valence-corrected chi connectivity index (χ0v) is 14.9. The number of anilines is 2. The highest BCUT2D eigenvalue weighted by Gasteiger charge is 2.20. The van der Waals surface area contributed by atoms with Crippen LogP contribution in [-0.4, -0.2) is 43.3 Å². The lowest BCUT2D eigenvalue weighted by atomic mass is 10.2. The van der Waals surface area contributed by atoms with Crippen LogP contribution in [0.5, 0.6) is 0 Å². The highest BCUT2D eigenvalue weighted by atomic mass is 16.3. The Hall–Kier alpha value is -3.13. The number of benzene rings is 1. The fourth-order valence-electron chi connectivity index (χ4n) is 2.35. The molecule has 0 spiro atoms. The fourth-order valence-corrected chi connectivity index (χ4v) is 2.35. The second-order valence-electron chi connectivity index (χ2n) is 5.92. The molecule has 1 heterocycles. The van der Waals surface area contributed by atoms with Gasteiger partial charge in [0.15, 0.2) is 0 Å². The van der Waals surface area contributed by atoms with Gasteiger partial charge < -0.3 is 20.4 Å². The first kappa shape index (κ1) is 19.2. The van der Waals surface area contributed by atoms with E-state index in [-0.39, 0.29) is 18.5 Å². The Balaban J connectivity index is 1.93. The first-order valence-corrected chi connectivity index (χ1v) is 8.03. The van der Waals surface area contributed by atoms with Crippen molar-refractivity contribution in [2.75, 3.05) is 31.3 Å². The molecule has 0 aliphatic heterocycles. The maximum atomic E-state index is 12.1. The van der Waals surface area contributed by atoms with Crippen LogP contribution in [0.1, 0.15) is 18.7 Å². The smallest absolute Gasteiger partial charge is 0.313 e. The van der Waals surface area contributed by atoms with Crippen LogP contribution >= 0.6 is 0 Å². The van der Waals surface area contributed by atoms with Gasteiger partial charge in [-0.3, -0.25) is 19.3 Å². The largest absolute Gasteiger partial charge is 0.468 e. The van der Waals surface area contributed by atoms with Crippen LogP contribution in [0, 0.1) is 0 Å². The van der Waals surface area contributed by atoms with Gasteiger partial charge in [0.2, 0.25) is 5.91 Å². The number of likely N-dealkylation sites (N-methyl/N-ethyl adjacent to an activating group) is 1. The van der Waals surface area contributed by atoms with Gasteiger partial charge >= 0.3 is 11.8 Å². The lowest BCUT2D eigenvalue weighted by Crippen LogP contribution is -2.40. The van der Waals surface area contributed by atoms with Crippen molar-refractivity contribution in [1.82, 2.24) is 10.2 Å². The average Bonchev–Trinajstić information content (AvgIpc) is 3.08. The monoisotopic (exact) mass is 358 g/mol. The summed E-state index contributed by atoms with van der Waals surface area (Å²) in [6.07, 6.45) is 1.56. The first-order chi connectivity index (χ1) is 12.4. The Bertz CT molecular complexity index is 771. The summed E-state index contributed by atoms with van der Waals surface area (Å²) < 4.78 is 5.36. The lowest BCUT2D eigenvalue weighted by Gasteiger charge is -2.22. The number of hydrogen-bond donors (Lipinski definition) is 3. The number of furan rings is 1. The van der Waals surface area contributed by atoms with E-state index in [0.717, 1.165) is 0 Å². The molecule has 8 nitrogen and oxygen atoms in total. The van der Waals surface area contributed by atoms with Crippen LogP contribution in [0.3, 0.4) is 0 Å². The van der Waals surface area contributed by atoms with E-state index in [1.165, 1.54) is 6.92 Å². The summed E-state index contributed by atoms with van der Waals surface area (Å²) in [6.45, 7) is 1.61. The minimum Gasteiger partial charge on any atom is -0.468 e. The number of carbonyl (C=O) groups is 3. The molecule has 3 amide bonds. The standard InChI is InChI=1S/C18H22N4O4/c1-12(23)20-13-6-4-7-14(10-13)21-18(25)17(24)19-11-15(22(2)3)16-8-5-9-26-16/h4-10,15H,11H2,1-3H3,(H,19,24)(H,20,23)(H,21,25). The zero-order valence-electron chi connectivity index (χ0n) is 14.9. The van der Waals surface area contributed by atoms with Gasteiger partial charge in [0.25, 0.3) is 0 Å². The number of carbonyl (C=O) groups excluding carboxylic acids is 3. The summed E-state index contributed by atoms with van der Waals surface area (Å²) in [5, 5.41) is 7.71. The van der Waals surface area contributed by atoms with Crippen LogP contribution in [0.2, 0.25) is 0 Å². The molecule has 1 unspecified atom stereocenters. The summed E-state index contributed by atoms with van der Waals surface area (Å²) in [6, 6.07) is 9.93. The molecule has 0 saturated carbocycles. The molecule has 0 aliphatic carbocycles. The molecule has 0 radical (unpaired) electrons. The van der Waals surface area contributed by atoms with E-state index in [4.69, 9.17) is 4.42 Å². The number of rotatable bonds is 6. The van der Waals surface area contributed by atoms with Crippen LogP contribution < -0.4 is 16.0 Å². The van der Waals surface area contributed by atoms with Gasteiger partial charge in [-0.05, 0) is 44.4 Å². The fraction of sp³-hybridized carbons (Fsp3) is 0.278. The van der Waals surface area contributed by atoms with Gasteiger partial charge in [0, 0.05) is 24.8 Å². The molecule has 0 aliphatic rings. The van der Waals surface area contributed by atoms with Crippen molar-refractivity contribution in [2.24, 2.45) is 0 Å². The minimum atomic E-state index is -0.790. The van der Waals surface area contributed by atoms with Crippen LogP contribution in [0.4, 0.5) is 11.4 Å². The van der Waals surface area contributed by atoms with E-state index in [1.807, 2.05) is 25.1 Å². The van der Waals surface area contributed by atoms with Gasteiger partial charge in [-0.1, -0.05) is 6.07 Å². The molecule has 2 aromatic rings. The maximum Gasteiger partial charge on any atom is 0.313 e. The molecule has 3 N–H and O–H groups in total. The summed E-state index contributed by atoms with van der Waals surface area (Å²) in [5.74, 6) is -1.08. The summed E-state index contributed by atoms with van der Waals surface area (Å²) in [4.78, 5) is 37.1. The molecule has 1 atom stereocenters. The molecular weight excluding hydrogens is 336 g/mol. The zero-order chi connectivity index (χ0) is 19.1. The van der Waals surface area contributed by atoms with Crippen molar-refractivity contribution in [3.05, 3.63) is 48.4 Å². The third kappa shape index (κ3) is 5.45. The van der Waals surface area contributed by atoms with E-state index >= 15 is 0 Å². The summed E-state index contributed by atoms with van der Waals surface area (Å²) >= 11 is 0. The van der Waals surface area contributed by atoms with E-state index in [0.29, 0.717) is 17.1 Å². The SMILES string of the molecule is CC(=O)Nc1cccc(NC(=O)C(=O)NCC(c2ccco2)N(C)C)c1. The quantitative estimate of drug-likeness (QED) is 0.681.